The summed E-state index contributed by atoms with van der Waals surface area (Å²) in [7, 11) is 1.60. The molecule has 0 spiro atoms. The van der Waals surface area contributed by atoms with Gasteiger partial charge in [-0.15, -0.1) is 0 Å². The Kier molecular flexibility index (Phi) is 6.46. The largest absolute Gasteiger partial charge is 0.496 e. The molecule has 38 heavy (non-hydrogen) atoms. The number of pyridine rings is 1. The highest BCUT2D eigenvalue weighted by Gasteiger charge is 2.32. The maximum absolute atomic E-state index is 13.6. The minimum absolute atomic E-state index is 0.135. The van der Waals surface area contributed by atoms with Crippen LogP contribution in [0.2, 0.25) is 0 Å². The van der Waals surface area contributed by atoms with Crippen molar-refractivity contribution in [1.82, 2.24) is 14.5 Å². The monoisotopic (exact) mass is 517 g/mol. The van der Waals surface area contributed by atoms with Crippen molar-refractivity contribution in [3.63, 3.8) is 0 Å². The summed E-state index contributed by atoms with van der Waals surface area (Å²) in [5, 5.41) is 6.74. The first-order valence-electron chi connectivity index (χ1n) is 11.5. The number of alkyl halides is 3. The number of aryl methyl sites for hydroxylation is 1. The number of hydrogen-bond acceptors (Lipinski definition) is 5. The van der Waals surface area contributed by atoms with Gasteiger partial charge in [0, 0.05) is 34.2 Å². The molecule has 5 rings (SSSR count). The van der Waals surface area contributed by atoms with E-state index in [2.05, 4.69) is 20.6 Å². The first-order valence-corrected chi connectivity index (χ1v) is 11.5. The van der Waals surface area contributed by atoms with E-state index in [9.17, 15) is 18.0 Å². The molecule has 2 aromatic heterocycles. The predicted molar refractivity (Wildman–Crippen MR) is 139 cm³/mol. The molecule has 2 heterocycles. The van der Waals surface area contributed by atoms with Gasteiger partial charge in [0.2, 0.25) is 0 Å². The van der Waals surface area contributed by atoms with E-state index in [0.717, 1.165) is 23.0 Å². The first kappa shape index (κ1) is 24.8. The molecule has 0 aliphatic rings. The quantitative estimate of drug-likeness (QED) is 0.260. The Morgan fingerprint density at radius 2 is 1.76 bits per heavy atom. The highest BCUT2D eigenvalue weighted by atomic mass is 19.4. The number of nitrogens with zero attached hydrogens (tertiary/aromatic N) is 3. The lowest BCUT2D eigenvalue weighted by Crippen LogP contribution is -2.15. The number of aromatic nitrogens is 3. The van der Waals surface area contributed by atoms with Crippen molar-refractivity contribution in [2.75, 3.05) is 17.7 Å². The highest BCUT2D eigenvalue weighted by Crippen LogP contribution is 2.32. The molecule has 5 aromatic rings. The van der Waals surface area contributed by atoms with E-state index in [1.54, 1.807) is 50.6 Å². The van der Waals surface area contributed by atoms with Gasteiger partial charge in [-0.3, -0.25) is 4.79 Å². The van der Waals surface area contributed by atoms with Crippen LogP contribution in [0.4, 0.5) is 30.4 Å². The number of carbonyl (C=O) groups is 1. The number of methoxy groups -OCH3 is 1. The molecule has 10 heteroatoms. The van der Waals surface area contributed by atoms with E-state index in [1.807, 2.05) is 24.3 Å². The van der Waals surface area contributed by atoms with Crippen LogP contribution in [0.1, 0.15) is 21.6 Å². The fourth-order valence-electron chi connectivity index (χ4n) is 4.02. The van der Waals surface area contributed by atoms with Crippen molar-refractivity contribution >= 4 is 34.0 Å². The summed E-state index contributed by atoms with van der Waals surface area (Å²) < 4.78 is 47.6. The normalized spacial score (nSPS) is 11.4. The van der Waals surface area contributed by atoms with Crippen molar-refractivity contribution in [2.24, 2.45) is 0 Å². The molecule has 1 amide bonds. The fraction of sp³-hybridized carbons (Fsp3) is 0.107. The predicted octanol–water partition coefficient (Wildman–Crippen LogP) is 6.75. The van der Waals surface area contributed by atoms with Gasteiger partial charge >= 0.3 is 6.18 Å². The number of benzene rings is 3. The smallest absolute Gasteiger partial charge is 0.416 e. The summed E-state index contributed by atoms with van der Waals surface area (Å²) in [5.74, 6) is 0.613. The summed E-state index contributed by atoms with van der Waals surface area (Å²) in [6.07, 6.45) is -1.64. The molecule has 0 unspecified atom stereocenters. The van der Waals surface area contributed by atoms with E-state index >= 15 is 0 Å². The van der Waals surface area contributed by atoms with Crippen LogP contribution in [0.15, 0.2) is 85.3 Å². The van der Waals surface area contributed by atoms with Crippen LogP contribution >= 0.6 is 0 Å². The zero-order valence-electron chi connectivity index (χ0n) is 20.4. The second-order valence-electron chi connectivity index (χ2n) is 8.57. The Morgan fingerprint density at radius 1 is 0.974 bits per heavy atom. The lowest BCUT2D eigenvalue weighted by Gasteiger charge is -2.14. The molecule has 0 atom stereocenters. The molecule has 3 aromatic carbocycles. The van der Waals surface area contributed by atoms with Gasteiger partial charge < -0.3 is 19.9 Å². The molecule has 0 saturated heterocycles. The summed E-state index contributed by atoms with van der Waals surface area (Å²) >= 11 is 0. The summed E-state index contributed by atoms with van der Waals surface area (Å²) in [6.45, 7) is 1.73. The fourth-order valence-corrected chi connectivity index (χ4v) is 4.02. The van der Waals surface area contributed by atoms with E-state index in [1.165, 1.54) is 17.0 Å². The Morgan fingerprint density at radius 3 is 2.50 bits per heavy atom. The molecular weight excluding hydrogens is 495 g/mol. The summed E-state index contributed by atoms with van der Waals surface area (Å²) in [6, 6.07) is 19.3. The van der Waals surface area contributed by atoms with Gasteiger partial charge in [0.25, 0.3) is 5.91 Å². The summed E-state index contributed by atoms with van der Waals surface area (Å²) in [4.78, 5) is 21.7. The zero-order chi connectivity index (χ0) is 26.9. The van der Waals surface area contributed by atoms with Crippen molar-refractivity contribution in [3.05, 3.63) is 102 Å². The van der Waals surface area contributed by atoms with Crippen LogP contribution in [-0.2, 0) is 6.18 Å². The molecule has 0 bridgehead atoms. The van der Waals surface area contributed by atoms with Crippen LogP contribution < -0.4 is 15.4 Å². The van der Waals surface area contributed by atoms with Gasteiger partial charge in [-0.05, 0) is 67.6 Å². The molecule has 0 saturated carbocycles. The Balaban J connectivity index is 1.39. The van der Waals surface area contributed by atoms with E-state index in [0.29, 0.717) is 28.6 Å². The molecule has 0 fully saturated rings. The number of halogens is 3. The van der Waals surface area contributed by atoms with E-state index in [4.69, 9.17) is 4.74 Å². The van der Waals surface area contributed by atoms with Crippen LogP contribution in [0.3, 0.4) is 0 Å². The number of ether oxygens (including phenoxy) is 1. The van der Waals surface area contributed by atoms with Gasteiger partial charge in [0.05, 0.1) is 30.2 Å². The second-order valence-corrected chi connectivity index (χ2v) is 8.57. The lowest BCUT2D eigenvalue weighted by molar-refractivity contribution is -0.137. The Labute approximate surface area is 215 Å². The van der Waals surface area contributed by atoms with Crippen molar-refractivity contribution in [1.29, 1.82) is 0 Å². The lowest BCUT2D eigenvalue weighted by atomic mass is 10.1. The molecule has 2 N–H and O–H groups in total. The number of imidazole rings is 1. The molecular formula is C28H22F3N5O2. The van der Waals surface area contributed by atoms with E-state index < -0.39 is 17.6 Å². The third-order valence-electron chi connectivity index (χ3n) is 5.82. The molecule has 7 nitrogen and oxygen atoms in total. The average molecular weight is 518 g/mol. The third kappa shape index (κ3) is 5.29. The number of amides is 1. The molecule has 0 aliphatic carbocycles. The zero-order valence-corrected chi connectivity index (χ0v) is 20.4. The van der Waals surface area contributed by atoms with Crippen LogP contribution in [-0.4, -0.2) is 27.6 Å². The Bertz CT molecular complexity index is 1650. The SMILES string of the molecule is COc1cccc2nc(Nc3cccc(NC(=O)c4cc(-n5cnc(C)c5)cc(C(F)(F)F)c4)c3)ccc12. The van der Waals surface area contributed by atoms with Crippen molar-refractivity contribution < 1.29 is 22.7 Å². The average Bonchev–Trinajstić information content (AvgIpc) is 3.34. The number of anilines is 3. The number of nitrogens with one attached hydrogen (secondary N) is 2. The van der Waals surface area contributed by atoms with Gasteiger partial charge in [-0.1, -0.05) is 12.1 Å². The van der Waals surface area contributed by atoms with Crippen LogP contribution in [0.25, 0.3) is 16.6 Å². The maximum atomic E-state index is 13.6. The standard InChI is InChI=1S/C28H22F3N5O2/c1-17-15-36(16-32-17)22-12-18(11-19(13-22)28(29,30)31)27(37)34-21-6-3-5-20(14-21)33-26-10-9-23-24(35-26)7-4-8-25(23)38-2/h3-16H,1-2H3,(H,33,35)(H,34,37). The first-order chi connectivity index (χ1) is 18.2. The van der Waals surface area contributed by atoms with Crippen LogP contribution in [0, 0.1) is 6.92 Å². The van der Waals surface area contributed by atoms with Gasteiger partial charge in [0.1, 0.15) is 11.6 Å². The summed E-state index contributed by atoms with van der Waals surface area (Å²) in [5.41, 5.74) is 1.53. The van der Waals surface area contributed by atoms with E-state index in [-0.39, 0.29) is 11.3 Å². The molecule has 192 valence electrons. The number of carbonyl (C=O) groups excluding carboxylic acids is 1. The highest BCUT2D eigenvalue weighted by molar-refractivity contribution is 6.05. The molecule has 0 radical (unpaired) electrons. The topological polar surface area (TPSA) is 81.1 Å². The van der Waals surface area contributed by atoms with Crippen molar-refractivity contribution in [2.45, 2.75) is 13.1 Å². The van der Waals surface area contributed by atoms with Crippen LogP contribution in [0.5, 0.6) is 5.75 Å². The molecule has 0 aliphatic heterocycles. The number of rotatable bonds is 6. The second kappa shape index (κ2) is 9.89. The Hall–Kier alpha value is -4.86. The number of hydrogen-bond donors (Lipinski definition) is 2. The maximum Gasteiger partial charge on any atom is 0.416 e. The van der Waals surface area contributed by atoms with Crippen molar-refractivity contribution in [3.8, 4) is 11.4 Å². The third-order valence-corrected chi connectivity index (χ3v) is 5.82. The number of fused-ring (bicyclic) bond motifs is 1. The minimum atomic E-state index is -4.62. The van der Waals surface area contributed by atoms with Gasteiger partial charge in [0.15, 0.2) is 0 Å². The van der Waals surface area contributed by atoms with Gasteiger partial charge in [-0.25, -0.2) is 9.97 Å². The minimum Gasteiger partial charge on any atom is -0.496 e. The van der Waals surface area contributed by atoms with Gasteiger partial charge in [-0.2, -0.15) is 13.2 Å².